The zero-order valence-corrected chi connectivity index (χ0v) is 13.5. The Hall–Kier alpha value is -2.08. The molecule has 114 valence electrons. The molecule has 5 nitrogen and oxygen atoms in total. The highest BCUT2D eigenvalue weighted by molar-refractivity contribution is 9.10. The summed E-state index contributed by atoms with van der Waals surface area (Å²) >= 11 is 3.45. The summed E-state index contributed by atoms with van der Waals surface area (Å²) < 4.78 is 6.22. The third-order valence-electron chi connectivity index (χ3n) is 3.83. The Morgan fingerprint density at radius 2 is 2.09 bits per heavy atom. The maximum atomic E-state index is 12.6. The van der Waals surface area contributed by atoms with E-state index in [1.54, 1.807) is 19.1 Å². The average Bonchev–Trinajstić information content (AvgIpc) is 2.92. The standard InChI is InChI=1S/C16H14BrNO4/c1-9-5-6-14(22-9)15(19)18-8-10-3-2-4-12(17)11(10)7-13(18)16(20)21/h2-6,13H,7-8H2,1H3,(H,20,21). The van der Waals surface area contributed by atoms with E-state index in [1.165, 1.54) is 4.90 Å². The Kier molecular flexibility index (Phi) is 3.78. The summed E-state index contributed by atoms with van der Waals surface area (Å²) in [6.45, 7) is 2.00. The number of nitrogens with zero attached hydrogens (tertiary/aromatic N) is 1. The van der Waals surface area contributed by atoms with Gasteiger partial charge < -0.3 is 14.4 Å². The highest BCUT2D eigenvalue weighted by Crippen LogP contribution is 2.30. The van der Waals surface area contributed by atoms with E-state index in [0.717, 1.165) is 15.6 Å². The smallest absolute Gasteiger partial charge is 0.326 e. The number of carboxylic acid groups (broad SMARTS) is 1. The van der Waals surface area contributed by atoms with Gasteiger partial charge in [-0.3, -0.25) is 4.79 Å². The van der Waals surface area contributed by atoms with Crippen LogP contribution in [0.25, 0.3) is 0 Å². The highest BCUT2D eigenvalue weighted by Gasteiger charge is 2.36. The second kappa shape index (κ2) is 5.61. The molecule has 1 N–H and O–H groups in total. The number of carbonyl (C=O) groups is 2. The monoisotopic (exact) mass is 363 g/mol. The molecule has 6 heteroatoms. The topological polar surface area (TPSA) is 70.8 Å². The molecule has 1 aliphatic heterocycles. The van der Waals surface area contributed by atoms with Crippen LogP contribution in [-0.4, -0.2) is 27.9 Å². The van der Waals surface area contributed by atoms with Gasteiger partial charge in [0.2, 0.25) is 0 Å². The van der Waals surface area contributed by atoms with Crippen LogP contribution >= 0.6 is 15.9 Å². The van der Waals surface area contributed by atoms with Gasteiger partial charge in [-0.25, -0.2) is 4.79 Å². The van der Waals surface area contributed by atoms with Crippen LogP contribution in [0.15, 0.2) is 39.2 Å². The normalized spacial score (nSPS) is 17.2. The first kappa shape index (κ1) is 14.8. The number of amides is 1. The zero-order chi connectivity index (χ0) is 15.9. The van der Waals surface area contributed by atoms with Crippen molar-refractivity contribution in [1.82, 2.24) is 4.90 Å². The Bertz CT molecular complexity index is 752. The van der Waals surface area contributed by atoms with E-state index in [9.17, 15) is 14.7 Å². The quantitative estimate of drug-likeness (QED) is 0.890. The van der Waals surface area contributed by atoms with Crippen LogP contribution in [0.1, 0.15) is 27.4 Å². The third-order valence-corrected chi connectivity index (χ3v) is 4.57. The van der Waals surface area contributed by atoms with E-state index in [4.69, 9.17) is 4.42 Å². The number of fused-ring (bicyclic) bond motifs is 1. The molecule has 0 fully saturated rings. The van der Waals surface area contributed by atoms with E-state index in [-0.39, 0.29) is 18.7 Å². The molecule has 0 saturated carbocycles. The molecular formula is C16H14BrNO4. The van der Waals surface area contributed by atoms with Crippen molar-refractivity contribution in [2.45, 2.75) is 25.9 Å². The molecule has 0 bridgehead atoms. The minimum absolute atomic E-state index is 0.169. The summed E-state index contributed by atoms with van der Waals surface area (Å²) in [7, 11) is 0. The number of rotatable bonds is 2. The number of furan rings is 1. The van der Waals surface area contributed by atoms with Crippen molar-refractivity contribution < 1.29 is 19.1 Å². The largest absolute Gasteiger partial charge is 0.480 e. The lowest BCUT2D eigenvalue weighted by Crippen LogP contribution is -2.48. The first-order valence-electron chi connectivity index (χ1n) is 6.84. The Balaban J connectivity index is 1.99. The molecule has 0 radical (unpaired) electrons. The molecule has 3 rings (SSSR count). The third kappa shape index (κ3) is 2.54. The van der Waals surface area contributed by atoms with E-state index in [2.05, 4.69) is 15.9 Å². The van der Waals surface area contributed by atoms with Crippen LogP contribution in [0.3, 0.4) is 0 Å². The number of aliphatic carboxylic acids is 1. The fourth-order valence-electron chi connectivity index (χ4n) is 2.70. The maximum Gasteiger partial charge on any atom is 0.326 e. The summed E-state index contributed by atoms with van der Waals surface area (Å²) in [6, 6.07) is 8.04. The van der Waals surface area contributed by atoms with Gasteiger partial charge in [-0.15, -0.1) is 0 Å². The molecule has 1 aliphatic rings. The van der Waals surface area contributed by atoms with E-state index < -0.39 is 17.9 Å². The predicted molar refractivity (Wildman–Crippen MR) is 82.6 cm³/mol. The van der Waals surface area contributed by atoms with Gasteiger partial charge in [0.1, 0.15) is 11.8 Å². The first-order chi connectivity index (χ1) is 10.5. The second-order valence-electron chi connectivity index (χ2n) is 5.28. The van der Waals surface area contributed by atoms with Gasteiger partial charge in [0.05, 0.1) is 0 Å². The van der Waals surface area contributed by atoms with Crippen molar-refractivity contribution in [3.8, 4) is 0 Å². The van der Waals surface area contributed by atoms with Crippen LogP contribution in [0.5, 0.6) is 0 Å². The van der Waals surface area contributed by atoms with E-state index >= 15 is 0 Å². The molecule has 0 aliphatic carbocycles. The number of aryl methyl sites for hydroxylation is 1. The minimum atomic E-state index is -1.02. The fourth-order valence-corrected chi connectivity index (χ4v) is 3.27. The molecule has 2 aromatic rings. The van der Waals surface area contributed by atoms with E-state index in [1.807, 2.05) is 18.2 Å². The van der Waals surface area contributed by atoms with Gasteiger partial charge in [-0.05, 0) is 36.2 Å². The molecule has 1 unspecified atom stereocenters. The van der Waals surface area contributed by atoms with Crippen LogP contribution in [0, 0.1) is 6.92 Å². The van der Waals surface area contributed by atoms with Crippen molar-refractivity contribution >= 4 is 27.8 Å². The Morgan fingerprint density at radius 3 is 2.73 bits per heavy atom. The molecule has 1 aromatic carbocycles. The first-order valence-corrected chi connectivity index (χ1v) is 7.63. The van der Waals surface area contributed by atoms with Crippen LogP contribution in [-0.2, 0) is 17.8 Å². The van der Waals surface area contributed by atoms with E-state index in [0.29, 0.717) is 5.76 Å². The Morgan fingerprint density at radius 1 is 1.32 bits per heavy atom. The summed E-state index contributed by atoms with van der Waals surface area (Å²) in [5, 5.41) is 9.49. The van der Waals surface area contributed by atoms with Gasteiger partial charge in [0.15, 0.2) is 5.76 Å². The van der Waals surface area contributed by atoms with Crippen molar-refractivity contribution in [3.05, 3.63) is 57.5 Å². The van der Waals surface area contributed by atoms with Crippen molar-refractivity contribution in [2.24, 2.45) is 0 Å². The number of halogens is 1. The second-order valence-corrected chi connectivity index (χ2v) is 6.13. The van der Waals surface area contributed by atoms with Crippen LogP contribution in [0.4, 0.5) is 0 Å². The summed E-state index contributed by atoms with van der Waals surface area (Å²) in [5.41, 5.74) is 1.89. The number of carboxylic acids is 1. The minimum Gasteiger partial charge on any atom is -0.480 e. The molecule has 0 saturated heterocycles. The molecule has 2 heterocycles. The molecule has 1 atom stereocenters. The lowest BCUT2D eigenvalue weighted by Gasteiger charge is -2.34. The van der Waals surface area contributed by atoms with Gasteiger partial charge in [-0.2, -0.15) is 0 Å². The molecule has 1 amide bonds. The molecule has 0 spiro atoms. The highest BCUT2D eigenvalue weighted by atomic mass is 79.9. The van der Waals surface area contributed by atoms with Gasteiger partial charge in [0, 0.05) is 17.4 Å². The molecular weight excluding hydrogens is 350 g/mol. The van der Waals surface area contributed by atoms with Crippen LogP contribution < -0.4 is 0 Å². The average molecular weight is 364 g/mol. The van der Waals surface area contributed by atoms with Crippen molar-refractivity contribution in [1.29, 1.82) is 0 Å². The summed E-state index contributed by atoms with van der Waals surface area (Å²) in [5.74, 6) is -0.623. The number of hydrogen-bond acceptors (Lipinski definition) is 3. The molecule has 1 aromatic heterocycles. The molecule has 22 heavy (non-hydrogen) atoms. The number of carbonyl (C=O) groups excluding carboxylic acids is 1. The van der Waals surface area contributed by atoms with Crippen molar-refractivity contribution in [2.75, 3.05) is 0 Å². The summed E-state index contributed by atoms with van der Waals surface area (Å²) in [4.78, 5) is 25.5. The van der Waals surface area contributed by atoms with Gasteiger partial charge >= 0.3 is 5.97 Å². The lowest BCUT2D eigenvalue weighted by molar-refractivity contribution is -0.142. The van der Waals surface area contributed by atoms with Crippen molar-refractivity contribution in [3.63, 3.8) is 0 Å². The maximum absolute atomic E-state index is 12.6. The Labute approximate surface area is 135 Å². The summed E-state index contributed by atoms with van der Waals surface area (Å²) in [6.07, 6.45) is 0.275. The van der Waals surface area contributed by atoms with Gasteiger partial charge in [0.25, 0.3) is 5.91 Å². The zero-order valence-electron chi connectivity index (χ0n) is 11.9. The lowest BCUT2D eigenvalue weighted by atomic mass is 9.93. The number of hydrogen-bond donors (Lipinski definition) is 1. The van der Waals surface area contributed by atoms with Gasteiger partial charge in [-0.1, -0.05) is 28.1 Å². The number of benzene rings is 1. The fraction of sp³-hybridized carbons (Fsp3) is 0.250. The SMILES string of the molecule is Cc1ccc(C(=O)N2Cc3cccc(Br)c3CC2C(=O)O)o1. The van der Waals surface area contributed by atoms with Crippen LogP contribution in [0.2, 0.25) is 0 Å². The predicted octanol–water partition coefficient (Wildman–Crippen LogP) is 3.00.